The van der Waals surface area contributed by atoms with Gasteiger partial charge in [-0.1, -0.05) is 0 Å². The van der Waals surface area contributed by atoms with Gasteiger partial charge in [-0.3, -0.25) is 15.2 Å². The molecule has 2 heterocycles. The second-order valence-electron chi connectivity index (χ2n) is 3.32. The van der Waals surface area contributed by atoms with Crippen molar-refractivity contribution in [1.29, 1.82) is 0 Å². The third kappa shape index (κ3) is 2.03. The zero-order valence-corrected chi connectivity index (χ0v) is 9.68. The quantitative estimate of drug-likeness (QED) is 0.733. The summed E-state index contributed by atoms with van der Waals surface area (Å²) < 4.78 is 0. The Kier molecular flexibility index (Phi) is 2.61. The first kappa shape index (κ1) is 10.6. The van der Waals surface area contributed by atoms with Crippen molar-refractivity contribution in [2.75, 3.05) is 11.1 Å². The molecule has 0 spiro atoms. The number of thiazole rings is 1. The Morgan fingerprint density at radius 2 is 2.31 bits per heavy atom. The van der Waals surface area contributed by atoms with E-state index in [-0.39, 0.29) is 11.7 Å². The summed E-state index contributed by atoms with van der Waals surface area (Å²) >= 11 is 1.44. The third-order valence-electron chi connectivity index (χ3n) is 2.09. The molecule has 0 radical (unpaired) electrons. The largest absolute Gasteiger partial charge is 0.382 e. The molecule has 16 heavy (non-hydrogen) atoms. The number of H-pyrrole nitrogens is 1. The van der Waals surface area contributed by atoms with Crippen LogP contribution in [0.1, 0.15) is 21.1 Å². The highest BCUT2D eigenvalue weighted by Crippen LogP contribution is 2.21. The number of carbonyl (C=O) groups is 1. The van der Waals surface area contributed by atoms with Gasteiger partial charge in [0.1, 0.15) is 11.5 Å². The number of nitrogens with zero attached hydrogens (tertiary/aromatic N) is 2. The van der Waals surface area contributed by atoms with Crippen molar-refractivity contribution in [2.24, 2.45) is 0 Å². The van der Waals surface area contributed by atoms with Gasteiger partial charge in [-0.15, -0.1) is 11.3 Å². The van der Waals surface area contributed by atoms with Crippen LogP contribution in [0.15, 0.2) is 6.07 Å². The average Bonchev–Trinajstić information content (AvgIpc) is 2.75. The number of rotatable bonds is 2. The summed E-state index contributed by atoms with van der Waals surface area (Å²) in [5.41, 5.74) is 6.65. The smallest absolute Gasteiger partial charge is 0.275 e. The van der Waals surface area contributed by atoms with Gasteiger partial charge in [0.15, 0.2) is 5.13 Å². The van der Waals surface area contributed by atoms with Crippen LogP contribution in [0.5, 0.6) is 0 Å². The normalized spacial score (nSPS) is 10.4. The first-order valence-electron chi connectivity index (χ1n) is 4.62. The van der Waals surface area contributed by atoms with Gasteiger partial charge in [-0.25, -0.2) is 4.98 Å². The minimum atomic E-state index is -0.294. The highest BCUT2D eigenvalue weighted by atomic mass is 32.1. The summed E-state index contributed by atoms with van der Waals surface area (Å²) in [7, 11) is 0. The molecular weight excluding hydrogens is 226 g/mol. The summed E-state index contributed by atoms with van der Waals surface area (Å²) in [4.78, 5) is 17.0. The summed E-state index contributed by atoms with van der Waals surface area (Å²) in [5.74, 6) is -0.00500. The fraction of sp³-hybridized carbons (Fsp3) is 0.222. The number of aromatic nitrogens is 3. The molecule has 0 unspecified atom stereocenters. The lowest BCUT2D eigenvalue weighted by Crippen LogP contribution is -2.12. The lowest BCUT2D eigenvalue weighted by Gasteiger charge is -1.96. The van der Waals surface area contributed by atoms with Gasteiger partial charge in [-0.2, -0.15) is 5.10 Å². The highest BCUT2D eigenvalue weighted by Gasteiger charge is 2.11. The second kappa shape index (κ2) is 3.93. The van der Waals surface area contributed by atoms with E-state index in [4.69, 9.17) is 5.73 Å². The maximum absolute atomic E-state index is 11.7. The topological polar surface area (TPSA) is 96.7 Å². The fourth-order valence-electron chi connectivity index (χ4n) is 1.14. The highest BCUT2D eigenvalue weighted by molar-refractivity contribution is 7.15. The summed E-state index contributed by atoms with van der Waals surface area (Å²) in [6.07, 6.45) is 0. The zero-order valence-electron chi connectivity index (χ0n) is 8.87. The monoisotopic (exact) mass is 237 g/mol. The van der Waals surface area contributed by atoms with Crippen molar-refractivity contribution in [1.82, 2.24) is 15.2 Å². The first-order chi connectivity index (χ1) is 7.56. The molecule has 84 valence electrons. The lowest BCUT2D eigenvalue weighted by molar-refractivity contribution is 0.102. The summed E-state index contributed by atoms with van der Waals surface area (Å²) in [6.45, 7) is 3.85. The van der Waals surface area contributed by atoms with Gasteiger partial charge >= 0.3 is 0 Å². The van der Waals surface area contributed by atoms with Crippen LogP contribution in [-0.2, 0) is 0 Å². The molecule has 0 aliphatic carbocycles. The number of nitrogen functional groups attached to an aromatic ring is 1. The minimum absolute atomic E-state index is 0.289. The molecule has 0 saturated carbocycles. The number of carbonyl (C=O) groups excluding carboxylic acids is 1. The molecule has 6 nitrogen and oxygen atoms in total. The summed E-state index contributed by atoms with van der Waals surface area (Å²) in [6, 6.07) is 1.47. The molecule has 1 amide bonds. The van der Waals surface area contributed by atoms with Crippen LogP contribution in [-0.4, -0.2) is 21.1 Å². The zero-order chi connectivity index (χ0) is 11.7. The molecule has 0 bridgehead atoms. The van der Waals surface area contributed by atoms with Crippen molar-refractivity contribution in [3.8, 4) is 0 Å². The summed E-state index contributed by atoms with van der Waals surface area (Å²) in [5, 5.41) is 9.47. The second-order valence-corrected chi connectivity index (χ2v) is 4.52. The molecule has 2 aromatic rings. The van der Waals surface area contributed by atoms with Crippen LogP contribution >= 0.6 is 11.3 Å². The standard InChI is InChI=1S/C9H11N5OS/c1-4-5(2)16-9(11-4)12-8(15)6-3-7(10)14-13-6/h3H,1-2H3,(H3,10,13,14)(H,11,12,15). The SMILES string of the molecule is Cc1nc(NC(=O)c2cc(N)n[nH]2)sc1C. The van der Waals surface area contributed by atoms with E-state index in [0.717, 1.165) is 10.6 Å². The molecule has 0 aromatic carbocycles. The molecule has 0 fully saturated rings. The fourth-order valence-corrected chi connectivity index (χ4v) is 1.95. The molecule has 7 heteroatoms. The number of aromatic amines is 1. The number of nitrogens with one attached hydrogen (secondary N) is 2. The maximum atomic E-state index is 11.7. The van der Waals surface area contributed by atoms with Gasteiger partial charge in [0.05, 0.1) is 5.69 Å². The van der Waals surface area contributed by atoms with E-state index in [1.54, 1.807) is 0 Å². The number of amides is 1. The third-order valence-corrected chi connectivity index (χ3v) is 3.08. The average molecular weight is 237 g/mol. The maximum Gasteiger partial charge on any atom is 0.275 e. The van der Waals surface area contributed by atoms with Gasteiger partial charge in [-0.05, 0) is 13.8 Å². The Balaban J connectivity index is 2.13. The molecular formula is C9H11N5OS. The molecule has 0 saturated heterocycles. The van der Waals surface area contributed by atoms with E-state index >= 15 is 0 Å². The van der Waals surface area contributed by atoms with E-state index in [1.807, 2.05) is 13.8 Å². The molecule has 0 aliphatic heterocycles. The number of nitrogens with two attached hydrogens (primary N) is 1. The molecule has 0 atom stereocenters. The van der Waals surface area contributed by atoms with E-state index in [2.05, 4.69) is 20.5 Å². The Morgan fingerprint density at radius 1 is 1.56 bits per heavy atom. The van der Waals surface area contributed by atoms with Crippen molar-refractivity contribution in [2.45, 2.75) is 13.8 Å². The van der Waals surface area contributed by atoms with Crippen LogP contribution in [0.25, 0.3) is 0 Å². The van der Waals surface area contributed by atoms with E-state index < -0.39 is 0 Å². The predicted octanol–water partition coefficient (Wildman–Crippen LogP) is 1.32. The van der Waals surface area contributed by atoms with Crippen LogP contribution in [0.2, 0.25) is 0 Å². The van der Waals surface area contributed by atoms with Crippen molar-refractivity contribution >= 4 is 28.2 Å². The van der Waals surface area contributed by atoms with Crippen LogP contribution < -0.4 is 11.1 Å². The van der Waals surface area contributed by atoms with Crippen molar-refractivity contribution in [3.63, 3.8) is 0 Å². The molecule has 4 N–H and O–H groups in total. The Bertz CT molecular complexity index is 510. The van der Waals surface area contributed by atoms with E-state index in [0.29, 0.717) is 10.8 Å². The minimum Gasteiger partial charge on any atom is -0.382 e. The predicted molar refractivity (Wildman–Crippen MR) is 62.5 cm³/mol. The number of hydrogen-bond donors (Lipinski definition) is 3. The van der Waals surface area contributed by atoms with Gasteiger partial charge in [0.2, 0.25) is 0 Å². The van der Waals surface area contributed by atoms with Gasteiger partial charge in [0, 0.05) is 10.9 Å². The van der Waals surface area contributed by atoms with Gasteiger partial charge < -0.3 is 5.73 Å². The van der Waals surface area contributed by atoms with E-state index in [1.165, 1.54) is 17.4 Å². The number of hydrogen-bond acceptors (Lipinski definition) is 5. The van der Waals surface area contributed by atoms with Crippen LogP contribution in [0.4, 0.5) is 10.9 Å². The van der Waals surface area contributed by atoms with Crippen LogP contribution in [0, 0.1) is 13.8 Å². The lowest BCUT2D eigenvalue weighted by atomic mass is 10.4. The Labute approximate surface area is 95.9 Å². The molecule has 2 rings (SSSR count). The van der Waals surface area contributed by atoms with Gasteiger partial charge in [0.25, 0.3) is 5.91 Å². The van der Waals surface area contributed by atoms with Crippen LogP contribution in [0.3, 0.4) is 0 Å². The number of anilines is 2. The first-order valence-corrected chi connectivity index (χ1v) is 5.44. The van der Waals surface area contributed by atoms with Crippen molar-refractivity contribution in [3.05, 3.63) is 22.3 Å². The van der Waals surface area contributed by atoms with Crippen molar-refractivity contribution < 1.29 is 4.79 Å². The number of aryl methyl sites for hydroxylation is 2. The molecule has 2 aromatic heterocycles. The molecule has 0 aliphatic rings. The Hall–Kier alpha value is -1.89. The van der Waals surface area contributed by atoms with E-state index in [9.17, 15) is 4.79 Å². The Morgan fingerprint density at radius 3 is 2.81 bits per heavy atom.